The molecule has 1 saturated carbocycles. The minimum Gasteiger partial charge on any atom is -0.488 e. The van der Waals surface area contributed by atoms with Gasteiger partial charge in [0.2, 0.25) is 0 Å². The molecule has 0 bridgehead atoms. The second-order valence-electron chi connectivity index (χ2n) is 9.05. The largest absolute Gasteiger partial charge is 0.488 e. The lowest BCUT2D eigenvalue weighted by Crippen LogP contribution is -2.33. The van der Waals surface area contributed by atoms with Crippen molar-refractivity contribution in [3.63, 3.8) is 0 Å². The van der Waals surface area contributed by atoms with Gasteiger partial charge in [0.1, 0.15) is 6.10 Å². The molecule has 2 heterocycles. The number of aromatic amines is 1. The van der Waals surface area contributed by atoms with Crippen molar-refractivity contribution in [1.29, 1.82) is 0 Å². The zero-order valence-electron chi connectivity index (χ0n) is 18.7. The molecule has 0 spiro atoms. The number of fused-ring (bicyclic) bond motifs is 1. The highest BCUT2D eigenvalue weighted by Crippen LogP contribution is 2.54. The molecule has 2 aromatic rings. The molecule has 0 amide bonds. The molecule has 2 fully saturated rings. The lowest BCUT2D eigenvalue weighted by atomic mass is 9.86. The smallest absolute Gasteiger partial charge is 0.310 e. The van der Waals surface area contributed by atoms with Crippen molar-refractivity contribution in [2.24, 2.45) is 11.8 Å². The summed E-state index contributed by atoms with van der Waals surface area (Å²) in [6, 6.07) is 7.84. The summed E-state index contributed by atoms with van der Waals surface area (Å²) in [6.45, 7) is 3.87. The molecule has 3 N–H and O–H groups in total. The molecule has 7 nitrogen and oxygen atoms in total. The predicted molar refractivity (Wildman–Crippen MR) is 117 cm³/mol. The van der Waals surface area contributed by atoms with Crippen LogP contribution in [-0.2, 0) is 11.2 Å². The van der Waals surface area contributed by atoms with Gasteiger partial charge in [-0.3, -0.25) is 0 Å². The van der Waals surface area contributed by atoms with E-state index in [2.05, 4.69) is 20.6 Å². The van der Waals surface area contributed by atoms with Crippen LogP contribution in [0.4, 0.5) is 8.78 Å². The van der Waals surface area contributed by atoms with Crippen molar-refractivity contribution in [1.82, 2.24) is 20.6 Å². The fraction of sp³-hybridized carbons (Fsp3) is 0.542. The second-order valence-corrected chi connectivity index (χ2v) is 9.05. The number of rotatable bonds is 8. The van der Waals surface area contributed by atoms with Crippen molar-refractivity contribution in [2.75, 3.05) is 0 Å². The summed E-state index contributed by atoms with van der Waals surface area (Å²) in [5, 5.41) is 34.6. The Kier molecular flexibility index (Phi) is 6.90. The number of unbranched alkanes of at least 4 members (excludes halogenated alkanes) is 1. The van der Waals surface area contributed by atoms with Crippen molar-refractivity contribution >= 4 is 0 Å². The zero-order chi connectivity index (χ0) is 23.6. The molecule has 1 aromatic heterocycles. The summed E-state index contributed by atoms with van der Waals surface area (Å²) >= 11 is 0. The van der Waals surface area contributed by atoms with E-state index in [4.69, 9.17) is 4.74 Å². The van der Waals surface area contributed by atoms with E-state index in [1.54, 1.807) is 6.08 Å². The number of halogens is 2. The summed E-state index contributed by atoms with van der Waals surface area (Å²) in [5.74, 6) is -5.13. The van der Waals surface area contributed by atoms with Crippen molar-refractivity contribution < 1.29 is 23.7 Å². The predicted octanol–water partition coefficient (Wildman–Crippen LogP) is 3.47. The van der Waals surface area contributed by atoms with E-state index >= 15 is 8.78 Å². The maximum atomic E-state index is 15.2. The van der Waals surface area contributed by atoms with Gasteiger partial charge in [0, 0.05) is 24.7 Å². The molecule has 4 rings (SSSR count). The van der Waals surface area contributed by atoms with E-state index in [0.29, 0.717) is 25.1 Å². The Morgan fingerprint density at radius 3 is 2.91 bits per heavy atom. The first-order valence-corrected chi connectivity index (χ1v) is 11.4. The van der Waals surface area contributed by atoms with Crippen LogP contribution in [0.5, 0.6) is 0 Å². The summed E-state index contributed by atoms with van der Waals surface area (Å²) in [6.07, 6.45) is 3.62. The highest BCUT2D eigenvalue weighted by molar-refractivity contribution is 5.27. The van der Waals surface area contributed by atoms with Crippen molar-refractivity contribution in [3.05, 3.63) is 65.2 Å². The topological polar surface area (TPSA) is 104 Å². The molecule has 0 radical (unpaired) electrons. The minimum absolute atomic E-state index is 0.138. The van der Waals surface area contributed by atoms with E-state index in [1.807, 2.05) is 38.1 Å². The van der Waals surface area contributed by atoms with Gasteiger partial charge in [-0.25, -0.2) is 0 Å². The average molecular weight is 461 g/mol. The normalized spacial score (nSPS) is 29.3. The Bertz CT molecular complexity index is 995. The van der Waals surface area contributed by atoms with Gasteiger partial charge in [-0.15, -0.1) is 10.2 Å². The summed E-state index contributed by atoms with van der Waals surface area (Å²) in [5.41, 5.74) is 2.06. The first kappa shape index (κ1) is 23.5. The number of aryl methyl sites for hydroxylation is 2. The van der Waals surface area contributed by atoms with Gasteiger partial charge in [-0.1, -0.05) is 54.1 Å². The molecule has 6 atom stereocenters. The van der Waals surface area contributed by atoms with Gasteiger partial charge >= 0.3 is 5.92 Å². The minimum atomic E-state index is -3.18. The number of H-pyrrole nitrogens is 1. The molecule has 178 valence electrons. The number of aliphatic hydroxyl groups excluding tert-OH is 2. The van der Waals surface area contributed by atoms with Crippen LogP contribution >= 0.6 is 0 Å². The fourth-order valence-corrected chi connectivity index (χ4v) is 4.80. The molecule has 6 unspecified atom stereocenters. The number of hydrogen-bond donors (Lipinski definition) is 3. The Morgan fingerprint density at radius 1 is 1.36 bits per heavy atom. The van der Waals surface area contributed by atoms with Gasteiger partial charge in [0.25, 0.3) is 0 Å². The molecule has 1 saturated heterocycles. The van der Waals surface area contributed by atoms with Gasteiger partial charge < -0.3 is 14.9 Å². The number of aromatic nitrogens is 4. The van der Waals surface area contributed by atoms with Crippen LogP contribution in [0.1, 0.15) is 49.1 Å². The number of benzene rings is 1. The first-order valence-electron chi connectivity index (χ1n) is 11.4. The van der Waals surface area contributed by atoms with Gasteiger partial charge in [-0.2, -0.15) is 14.0 Å². The quantitative estimate of drug-likeness (QED) is 0.412. The number of alkyl halides is 2. The lowest BCUT2D eigenvalue weighted by molar-refractivity contribution is -0.0273. The van der Waals surface area contributed by atoms with Crippen LogP contribution in [0.2, 0.25) is 0 Å². The third kappa shape index (κ3) is 4.99. The molecule has 9 heteroatoms. The highest BCUT2D eigenvalue weighted by Gasteiger charge is 2.63. The van der Waals surface area contributed by atoms with E-state index in [0.717, 1.165) is 11.1 Å². The van der Waals surface area contributed by atoms with Crippen LogP contribution in [-0.4, -0.2) is 55.1 Å². The Balaban J connectivity index is 1.41. The van der Waals surface area contributed by atoms with Crippen molar-refractivity contribution in [2.45, 2.75) is 69.7 Å². The van der Waals surface area contributed by atoms with E-state index in [1.165, 1.54) is 12.2 Å². The van der Waals surface area contributed by atoms with Crippen LogP contribution in [0, 0.1) is 18.8 Å². The summed E-state index contributed by atoms with van der Waals surface area (Å²) in [7, 11) is 0. The summed E-state index contributed by atoms with van der Waals surface area (Å²) < 4.78 is 36.1. The van der Waals surface area contributed by atoms with Crippen LogP contribution in [0.15, 0.2) is 48.3 Å². The number of aliphatic hydroxyl groups is 2. The monoisotopic (exact) mass is 460 g/mol. The SMILES string of the molecule is Cc1cccc(C(C)C(O)C=CC2C(O)CC3OC(=CCCCc4nn[nH]n4)C(F)(F)C32)c1. The lowest BCUT2D eigenvalue weighted by Gasteiger charge is -2.23. The molecular formula is C24H30F2N4O3. The van der Waals surface area contributed by atoms with E-state index < -0.39 is 36.1 Å². The fourth-order valence-electron chi connectivity index (χ4n) is 4.80. The molecular weight excluding hydrogens is 430 g/mol. The van der Waals surface area contributed by atoms with Gasteiger partial charge in [0.05, 0.1) is 18.1 Å². The maximum absolute atomic E-state index is 15.2. The molecule has 1 aliphatic carbocycles. The summed E-state index contributed by atoms with van der Waals surface area (Å²) in [4.78, 5) is 0. The van der Waals surface area contributed by atoms with Crippen LogP contribution < -0.4 is 0 Å². The Morgan fingerprint density at radius 2 is 2.18 bits per heavy atom. The molecule has 2 aliphatic rings. The first-order chi connectivity index (χ1) is 15.8. The Hall–Kier alpha value is -2.65. The average Bonchev–Trinajstić information content (AvgIpc) is 3.46. The standard InChI is InChI=1S/C24H30F2N4O3/c1-14-6-5-7-16(12-14)15(2)18(31)11-10-17-19(32)13-20-23(17)24(25,26)21(33-20)8-3-4-9-22-27-29-30-28-22/h5-8,10-12,15,17-20,23,31-32H,3-4,9,13H2,1-2H3,(H,27,28,29,30). The third-order valence-electron chi connectivity index (χ3n) is 6.69. The number of ether oxygens (including phenoxy) is 1. The second kappa shape index (κ2) is 9.69. The van der Waals surface area contributed by atoms with E-state index in [9.17, 15) is 10.2 Å². The van der Waals surface area contributed by atoms with Crippen LogP contribution in [0.3, 0.4) is 0 Å². The zero-order valence-corrected chi connectivity index (χ0v) is 18.7. The van der Waals surface area contributed by atoms with E-state index in [-0.39, 0.29) is 18.1 Å². The molecule has 1 aromatic carbocycles. The number of tetrazole rings is 1. The Labute approximate surface area is 191 Å². The molecule has 33 heavy (non-hydrogen) atoms. The highest BCUT2D eigenvalue weighted by atomic mass is 19.3. The number of allylic oxidation sites excluding steroid dienone is 2. The number of hydrogen-bond acceptors (Lipinski definition) is 6. The van der Waals surface area contributed by atoms with Gasteiger partial charge in [-0.05, 0) is 31.4 Å². The maximum Gasteiger partial charge on any atom is 0.310 e. The third-order valence-corrected chi connectivity index (χ3v) is 6.69. The van der Waals surface area contributed by atoms with Crippen molar-refractivity contribution in [3.8, 4) is 0 Å². The van der Waals surface area contributed by atoms with Gasteiger partial charge in [0.15, 0.2) is 11.6 Å². The molecule has 1 aliphatic heterocycles. The van der Waals surface area contributed by atoms with Crippen LogP contribution in [0.25, 0.3) is 0 Å². The number of nitrogens with zero attached hydrogens (tertiary/aromatic N) is 3. The number of nitrogens with one attached hydrogen (secondary N) is 1.